The molecule has 0 saturated carbocycles. The Bertz CT molecular complexity index is 746. The molecule has 1 amide bonds. The number of nitrogens with zero attached hydrogens (tertiary/aromatic N) is 1. The van der Waals surface area contributed by atoms with Crippen molar-refractivity contribution in [3.8, 4) is 0 Å². The maximum Gasteiger partial charge on any atom is 0.269 e. The molecule has 2 aromatic carbocycles. The highest BCUT2D eigenvalue weighted by Gasteiger charge is 2.21. The van der Waals surface area contributed by atoms with E-state index in [4.69, 9.17) is 0 Å². The molecule has 2 aromatic rings. The number of nitrogens with one attached hydrogen (secondary N) is 1. The van der Waals surface area contributed by atoms with Gasteiger partial charge >= 0.3 is 0 Å². The molecular weight excluding hydrogens is 324 g/mol. The van der Waals surface area contributed by atoms with Gasteiger partial charge in [0.05, 0.1) is 16.7 Å². The van der Waals surface area contributed by atoms with Crippen LogP contribution in [0.4, 0.5) is 5.69 Å². The molecule has 0 bridgehead atoms. The molecule has 0 spiro atoms. The fourth-order valence-corrected chi connectivity index (χ4v) is 3.66. The lowest BCUT2D eigenvalue weighted by atomic mass is 9.88. The Balaban J connectivity index is 1.56. The van der Waals surface area contributed by atoms with Crippen LogP contribution in [0.25, 0.3) is 0 Å². The average molecular weight is 342 g/mol. The first-order valence-electron chi connectivity index (χ1n) is 7.88. The van der Waals surface area contributed by atoms with E-state index in [1.165, 1.54) is 35.0 Å². The van der Waals surface area contributed by atoms with Crippen LogP contribution in [0.2, 0.25) is 0 Å². The summed E-state index contributed by atoms with van der Waals surface area (Å²) >= 11 is 1.38. The second kappa shape index (κ2) is 7.49. The highest BCUT2D eigenvalue weighted by molar-refractivity contribution is 8.00. The first-order chi connectivity index (χ1) is 11.6. The molecule has 1 atom stereocenters. The third kappa shape index (κ3) is 3.94. The fourth-order valence-electron chi connectivity index (χ4n) is 2.95. The largest absolute Gasteiger partial charge is 0.349 e. The first-order valence-corrected chi connectivity index (χ1v) is 8.86. The molecule has 124 valence electrons. The lowest BCUT2D eigenvalue weighted by molar-refractivity contribution is -0.384. The number of rotatable bonds is 5. The Hall–Kier alpha value is -2.34. The van der Waals surface area contributed by atoms with Gasteiger partial charge in [-0.2, -0.15) is 0 Å². The maximum absolute atomic E-state index is 12.2. The fraction of sp³-hybridized carbons (Fsp3) is 0.278. The summed E-state index contributed by atoms with van der Waals surface area (Å²) in [5, 5.41) is 13.7. The number of hydrogen-bond donors (Lipinski definition) is 1. The number of aryl methyl sites for hydroxylation is 1. The van der Waals surface area contributed by atoms with Crippen molar-refractivity contribution in [2.75, 3.05) is 5.75 Å². The van der Waals surface area contributed by atoms with E-state index >= 15 is 0 Å². The Kier molecular flexibility index (Phi) is 5.15. The van der Waals surface area contributed by atoms with Gasteiger partial charge in [0.25, 0.3) is 5.69 Å². The zero-order valence-corrected chi connectivity index (χ0v) is 13.9. The highest BCUT2D eigenvalue weighted by atomic mass is 32.2. The van der Waals surface area contributed by atoms with Gasteiger partial charge in [-0.3, -0.25) is 14.9 Å². The predicted octanol–water partition coefficient (Wildman–Crippen LogP) is 3.88. The topological polar surface area (TPSA) is 72.2 Å². The van der Waals surface area contributed by atoms with Crippen LogP contribution in [0.5, 0.6) is 0 Å². The number of nitro benzene ring substituents is 1. The standard InChI is InChI=1S/C18H18N2O3S/c21-18(12-24-15-10-8-14(9-11-15)20(22)23)19-17-7-3-5-13-4-1-2-6-16(13)17/h1-2,4,6,8-11,17H,3,5,7,12H2,(H,19,21)/t17-/m1/s1. The van der Waals surface area contributed by atoms with Gasteiger partial charge < -0.3 is 5.32 Å². The smallest absolute Gasteiger partial charge is 0.269 e. The van der Waals surface area contributed by atoms with Crippen LogP contribution in [-0.2, 0) is 11.2 Å². The normalized spacial score (nSPS) is 16.2. The van der Waals surface area contributed by atoms with Gasteiger partial charge in [-0.25, -0.2) is 0 Å². The predicted molar refractivity (Wildman–Crippen MR) is 94.1 cm³/mol. The van der Waals surface area contributed by atoms with E-state index in [1.807, 2.05) is 12.1 Å². The Labute approximate surface area is 144 Å². The van der Waals surface area contributed by atoms with Crippen LogP contribution in [0.15, 0.2) is 53.4 Å². The number of benzene rings is 2. The molecule has 5 nitrogen and oxygen atoms in total. The SMILES string of the molecule is O=C(CSc1ccc([N+](=O)[O-])cc1)N[C@@H]1CCCc2ccccc21. The molecule has 0 saturated heterocycles. The molecule has 1 aliphatic rings. The number of carbonyl (C=O) groups excluding carboxylic acids is 1. The van der Waals surface area contributed by atoms with E-state index < -0.39 is 4.92 Å². The van der Waals surface area contributed by atoms with Crippen molar-refractivity contribution >= 4 is 23.4 Å². The third-order valence-electron chi connectivity index (χ3n) is 4.12. The van der Waals surface area contributed by atoms with Gasteiger partial charge in [0, 0.05) is 17.0 Å². The van der Waals surface area contributed by atoms with E-state index in [-0.39, 0.29) is 17.6 Å². The van der Waals surface area contributed by atoms with Crippen LogP contribution in [0.1, 0.15) is 30.0 Å². The molecule has 0 aliphatic heterocycles. The van der Waals surface area contributed by atoms with Crippen molar-refractivity contribution in [3.05, 3.63) is 69.8 Å². The molecule has 0 fully saturated rings. The van der Waals surface area contributed by atoms with Crippen molar-refractivity contribution in [1.29, 1.82) is 0 Å². The van der Waals surface area contributed by atoms with Crippen LogP contribution in [-0.4, -0.2) is 16.6 Å². The van der Waals surface area contributed by atoms with E-state index in [0.717, 1.165) is 24.2 Å². The average Bonchev–Trinajstić information content (AvgIpc) is 2.61. The van der Waals surface area contributed by atoms with Crippen molar-refractivity contribution in [1.82, 2.24) is 5.32 Å². The molecule has 3 rings (SSSR count). The van der Waals surface area contributed by atoms with Gasteiger partial charge in [0.1, 0.15) is 0 Å². The summed E-state index contributed by atoms with van der Waals surface area (Å²) in [4.78, 5) is 23.3. The molecule has 6 heteroatoms. The number of carbonyl (C=O) groups is 1. The lowest BCUT2D eigenvalue weighted by Crippen LogP contribution is -2.32. The van der Waals surface area contributed by atoms with Gasteiger partial charge in [0.15, 0.2) is 0 Å². The Morgan fingerprint density at radius 3 is 2.71 bits per heavy atom. The summed E-state index contributed by atoms with van der Waals surface area (Å²) in [7, 11) is 0. The summed E-state index contributed by atoms with van der Waals surface area (Å²) in [5.74, 6) is 0.288. The van der Waals surface area contributed by atoms with Gasteiger partial charge in [-0.15, -0.1) is 11.8 Å². The Morgan fingerprint density at radius 1 is 1.21 bits per heavy atom. The van der Waals surface area contributed by atoms with Crippen LogP contribution in [0, 0.1) is 10.1 Å². The van der Waals surface area contributed by atoms with Crippen LogP contribution < -0.4 is 5.32 Å². The first kappa shape index (κ1) is 16.5. The van der Waals surface area contributed by atoms with Gasteiger partial charge in [-0.05, 0) is 42.5 Å². The number of amides is 1. The minimum Gasteiger partial charge on any atom is -0.349 e. The zero-order valence-electron chi connectivity index (χ0n) is 13.1. The minimum atomic E-state index is -0.429. The van der Waals surface area contributed by atoms with E-state index in [2.05, 4.69) is 17.4 Å². The number of non-ortho nitro benzene ring substituents is 1. The molecule has 0 radical (unpaired) electrons. The maximum atomic E-state index is 12.2. The molecule has 1 N–H and O–H groups in total. The molecule has 0 heterocycles. The highest BCUT2D eigenvalue weighted by Crippen LogP contribution is 2.29. The summed E-state index contributed by atoms with van der Waals surface area (Å²) in [6.45, 7) is 0. The van der Waals surface area contributed by atoms with Crippen molar-refractivity contribution in [3.63, 3.8) is 0 Å². The monoisotopic (exact) mass is 342 g/mol. The van der Waals surface area contributed by atoms with E-state index in [0.29, 0.717) is 5.75 Å². The Morgan fingerprint density at radius 2 is 1.96 bits per heavy atom. The molecule has 1 aliphatic carbocycles. The summed E-state index contributed by atoms with van der Waals surface area (Å²) in [6.07, 6.45) is 3.11. The van der Waals surface area contributed by atoms with Crippen molar-refractivity contribution in [2.24, 2.45) is 0 Å². The van der Waals surface area contributed by atoms with Crippen LogP contribution in [0.3, 0.4) is 0 Å². The van der Waals surface area contributed by atoms with Crippen molar-refractivity contribution < 1.29 is 9.72 Å². The number of hydrogen-bond acceptors (Lipinski definition) is 4. The molecule has 24 heavy (non-hydrogen) atoms. The third-order valence-corrected chi connectivity index (χ3v) is 5.13. The van der Waals surface area contributed by atoms with Crippen LogP contribution >= 0.6 is 11.8 Å². The zero-order chi connectivity index (χ0) is 16.9. The summed E-state index contributed by atoms with van der Waals surface area (Å²) in [6, 6.07) is 14.6. The lowest BCUT2D eigenvalue weighted by Gasteiger charge is -2.26. The molecular formula is C18H18N2O3S. The van der Waals surface area contributed by atoms with Gasteiger partial charge in [0.2, 0.25) is 5.91 Å². The number of thioether (sulfide) groups is 1. The van der Waals surface area contributed by atoms with E-state index in [1.54, 1.807) is 12.1 Å². The van der Waals surface area contributed by atoms with E-state index in [9.17, 15) is 14.9 Å². The molecule has 0 aromatic heterocycles. The second-order valence-corrected chi connectivity index (χ2v) is 6.80. The molecule has 0 unspecified atom stereocenters. The number of fused-ring (bicyclic) bond motifs is 1. The minimum absolute atomic E-state index is 0.0138. The quantitative estimate of drug-likeness (QED) is 0.508. The van der Waals surface area contributed by atoms with Crippen molar-refractivity contribution in [2.45, 2.75) is 30.2 Å². The number of nitro groups is 1. The van der Waals surface area contributed by atoms with Gasteiger partial charge in [-0.1, -0.05) is 24.3 Å². The summed E-state index contributed by atoms with van der Waals surface area (Å²) < 4.78 is 0. The summed E-state index contributed by atoms with van der Waals surface area (Å²) in [5.41, 5.74) is 2.59. The second-order valence-electron chi connectivity index (χ2n) is 5.75.